The van der Waals surface area contributed by atoms with Crippen LogP contribution in [0.1, 0.15) is 48.2 Å². The molecule has 2 aromatic carbocycles. The van der Waals surface area contributed by atoms with Crippen LogP contribution in [-0.2, 0) is 24.3 Å². The number of terminal acetylenes is 1. The number of nitriles is 2. The molecular formula is C39H38F4N6O4Si. The van der Waals surface area contributed by atoms with E-state index in [1.165, 1.54) is 58.4 Å². The second-order valence-corrected chi connectivity index (χ2v) is 19.1. The van der Waals surface area contributed by atoms with Gasteiger partial charge in [-0.2, -0.15) is 10.5 Å². The molecule has 2 aliphatic rings. The van der Waals surface area contributed by atoms with Gasteiger partial charge in [0.25, 0.3) is 0 Å². The summed E-state index contributed by atoms with van der Waals surface area (Å²) in [6.45, 7) is 5.78. The van der Waals surface area contributed by atoms with Gasteiger partial charge >= 0.3 is 0 Å². The van der Waals surface area contributed by atoms with E-state index in [-0.39, 0.29) is 86.0 Å². The van der Waals surface area contributed by atoms with Crippen LogP contribution in [0, 0.1) is 58.1 Å². The van der Waals surface area contributed by atoms with Gasteiger partial charge in [0.15, 0.2) is 0 Å². The largest absolute Gasteiger partial charge is 0.481 e. The van der Waals surface area contributed by atoms with E-state index in [0.29, 0.717) is 0 Å². The number of aromatic nitrogens is 4. The van der Waals surface area contributed by atoms with Crippen LogP contribution in [0.15, 0.2) is 61.4 Å². The van der Waals surface area contributed by atoms with Gasteiger partial charge in [0.05, 0.1) is 38.1 Å². The standard InChI is InChI=1S/C21H23F2N3O2Si.C18H15F2N3O2/c1-29(2,3)10-4-9-28-17-5-6-18(19(22)11-17)21(27,20(23)7-8-20)14-26-15-25-13-16(26)12-24;1-2-7-25-14-3-4-15(16(19)8-14)18(24,17(20)5-6-17)11-23-12-22-10-13(23)9-21/h5-6,11,13,15,27H,7-9,14H2,1-3H3;1,3-4,8,10,12,24H,5-7,11H2. The average Bonchev–Trinajstić information content (AvgIpc) is 3.96. The van der Waals surface area contributed by atoms with Crippen LogP contribution in [-0.4, -0.2) is 61.9 Å². The third-order valence-electron chi connectivity index (χ3n) is 9.18. The summed E-state index contributed by atoms with van der Waals surface area (Å²) in [6, 6.07) is 11.5. The first-order chi connectivity index (χ1) is 25.5. The average molecular weight is 759 g/mol. The molecule has 0 bridgehead atoms. The number of alkyl halides is 2. The lowest BCUT2D eigenvalue weighted by atomic mass is 9.86. The first-order valence-electron chi connectivity index (χ1n) is 16.9. The number of halogens is 4. The fraction of sp³-hybridized carbons (Fsp3) is 0.385. The zero-order chi connectivity index (χ0) is 39.4. The Morgan fingerprint density at radius 2 is 1.22 bits per heavy atom. The van der Waals surface area contributed by atoms with Crippen LogP contribution in [0.4, 0.5) is 17.6 Å². The van der Waals surface area contributed by atoms with Crippen molar-refractivity contribution in [3.63, 3.8) is 0 Å². The molecule has 4 aromatic rings. The molecule has 2 aromatic heterocycles. The Labute approximate surface area is 311 Å². The lowest BCUT2D eigenvalue weighted by Gasteiger charge is -2.33. The fourth-order valence-corrected chi connectivity index (χ4v) is 6.55. The van der Waals surface area contributed by atoms with Crippen molar-refractivity contribution in [2.24, 2.45) is 0 Å². The van der Waals surface area contributed by atoms with E-state index in [4.69, 9.17) is 26.4 Å². The molecule has 0 radical (unpaired) electrons. The monoisotopic (exact) mass is 758 g/mol. The molecular weight excluding hydrogens is 721 g/mol. The van der Waals surface area contributed by atoms with Crippen molar-refractivity contribution in [2.45, 2.75) is 81.0 Å². The van der Waals surface area contributed by atoms with E-state index in [9.17, 15) is 23.4 Å². The molecule has 0 saturated heterocycles. The number of ether oxygens (including phenoxy) is 2. The van der Waals surface area contributed by atoms with Crippen LogP contribution >= 0.6 is 0 Å². The summed E-state index contributed by atoms with van der Waals surface area (Å²) >= 11 is 0. The number of imidazole rings is 2. The lowest BCUT2D eigenvalue weighted by molar-refractivity contribution is -0.0723. The number of aliphatic hydroxyl groups is 2. The molecule has 2 unspecified atom stereocenters. The van der Waals surface area contributed by atoms with Crippen molar-refractivity contribution in [2.75, 3.05) is 13.2 Å². The van der Waals surface area contributed by atoms with Crippen LogP contribution in [0.3, 0.4) is 0 Å². The highest BCUT2D eigenvalue weighted by atomic mass is 28.3. The van der Waals surface area contributed by atoms with Gasteiger partial charge in [-0.05, 0) is 49.9 Å². The highest BCUT2D eigenvalue weighted by molar-refractivity contribution is 6.83. The molecule has 0 spiro atoms. The van der Waals surface area contributed by atoms with Gasteiger partial charge in [0, 0.05) is 23.3 Å². The van der Waals surface area contributed by atoms with E-state index < -0.39 is 42.2 Å². The smallest absolute Gasteiger partial charge is 0.148 e. The maximum Gasteiger partial charge on any atom is 0.148 e. The Balaban J connectivity index is 0.000000210. The van der Waals surface area contributed by atoms with Crippen LogP contribution < -0.4 is 9.47 Å². The molecule has 2 fully saturated rings. The third-order valence-corrected chi connectivity index (χ3v) is 10.1. The molecule has 2 heterocycles. The summed E-state index contributed by atoms with van der Waals surface area (Å²) in [6.07, 6.45) is 10.8. The Kier molecular flexibility index (Phi) is 11.3. The van der Waals surface area contributed by atoms with Crippen molar-refractivity contribution in [3.8, 4) is 47.4 Å². The normalized spacial score (nSPS) is 17.0. The Morgan fingerprint density at radius 3 is 1.57 bits per heavy atom. The maximum atomic E-state index is 15.1. The highest BCUT2D eigenvalue weighted by Gasteiger charge is 2.63. The van der Waals surface area contributed by atoms with Crippen LogP contribution in [0.25, 0.3) is 0 Å². The molecule has 0 aliphatic heterocycles. The zero-order valence-corrected chi connectivity index (χ0v) is 30.9. The van der Waals surface area contributed by atoms with Crippen molar-refractivity contribution >= 4 is 8.07 Å². The quantitative estimate of drug-likeness (QED) is 0.104. The van der Waals surface area contributed by atoms with Gasteiger partial charge in [-0.15, -0.1) is 12.0 Å². The zero-order valence-electron chi connectivity index (χ0n) is 29.9. The lowest BCUT2D eigenvalue weighted by Crippen LogP contribution is -2.43. The second kappa shape index (κ2) is 15.4. The number of nitrogens with zero attached hydrogens (tertiary/aromatic N) is 6. The van der Waals surface area contributed by atoms with E-state index in [1.54, 1.807) is 0 Å². The van der Waals surface area contributed by atoms with Crippen molar-refractivity contribution in [3.05, 3.63) is 95.6 Å². The highest BCUT2D eigenvalue weighted by Crippen LogP contribution is 2.56. The van der Waals surface area contributed by atoms with E-state index in [0.717, 1.165) is 12.1 Å². The Hall–Kier alpha value is -5.58. The molecule has 2 aliphatic carbocycles. The summed E-state index contributed by atoms with van der Waals surface area (Å²) in [7, 11) is -1.51. The topological polar surface area (TPSA) is 142 Å². The van der Waals surface area contributed by atoms with Gasteiger partial charge in [-0.3, -0.25) is 0 Å². The predicted octanol–water partition coefficient (Wildman–Crippen LogP) is 5.84. The van der Waals surface area contributed by atoms with E-state index in [1.807, 2.05) is 12.1 Å². The Bertz CT molecular complexity index is 2200. The number of rotatable bonds is 12. The van der Waals surface area contributed by atoms with Gasteiger partial charge in [-0.25, -0.2) is 27.5 Å². The van der Waals surface area contributed by atoms with Crippen molar-refractivity contribution in [1.29, 1.82) is 10.5 Å². The minimum Gasteiger partial charge on any atom is -0.481 e. The van der Waals surface area contributed by atoms with Crippen LogP contribution in [0.2, 0.25) is 19.6 Å². The number of hydrogen-bond acceptors (Lipinski definition) is 8. The Morgan fingerprint density at radius 1 is 0.796 bits per heavy atom. The summed E-state index contributed by atoms with van der Waals surface area (Å²) in [5, 5.41) is 40.5. The maximum absolute atomic E-state index is 15.1. The molecule has 2 atom stereocenters. The summed E-state index contributed by atoms with van der Waals surface area (Å²) in [4.78, 5) is 7.67. The number of hydrogen-bond donors (Lipinski definition) is 2. The molecule has 280 valence electrons. The summed E-state index contributed by atoms with van der Waals surface area (Å²) in [5.41, 5.74) is -5.09. The van der Waals surface area contributed by atoms with Gasteiger partial charge in [0.1, 0.15) is 90.5 Å². The summed E-state index contributed by atoms with van der Waals surface area (Å²) < 4.78 is 72.8. The van der Waals surface area contributed by atoms with Gasteiger partial charge < -0.3 is 28.8 Å². The first-order valence-corrected chi connectivity index (χ1v) is 20.4. The first kappa shape index (κ1) is 39.6. The third kappa shape index (κ3) is 8.45. The molecule has 54 heavy (non-hydrogen) atoms. The molecule has 10 nitrogen and oxygen atoms in total. The second-order valence-electron chi connectivity index (χ2n) is 14.3. The van der Waals surface area contributed by atoms with Gasteiger partial charge in [0.2, 0.25) is 0 Å². The van der Waals surface area contributed by atoms with E-state index in [2.05, 4.69) is 47.0 Å². The molecule has 15 heteroatoms. The molecule has 0 amide bonds. The van der Waals surface area contributed by atoms with Gasteiger partial charge in [-0.1, -0.05) is 31.5 Å². The van der Waals surface area contributed by atoms with E-state index >= 15 is 4.39 Å². The minimum absolute atomic E-state index is 0.0311. The SMILES string of the molecule is C#CCOc1ccc(C(O)(Cn2cncc2C#N)C2(F)CC2)c(F)c1.C[Si](C)(C)C#CCOc1ccc(C(O)(Cn2cncc2C#N)C2(F)CC2)c(F)c1. The van der Waals surface area contributed by atoms with Crippen LogP contribution in [0.5, 0.6) is 11.5 Å². The molecule has 6 rings (SSSR count). The van der Waals surface area contributed by atoms with Crippen molar-refractivity contribution < 1.29 is 37.2 Å². The molecule has 2 saturated carbocycles. The fourth-order valence-electron chi connectivity index (χ4n) is 5.94. The predicted molar refractivity (Wildman–Crippen MR) is 192 cm³/mol. The summed E-state index contributed by atoms with van der Waals surface area (Å²) in [5.74, 6) is 4.05. The number of benzene rings is 2. The minimum atomic E-state index is -2.13. The van der Waals surface area contributed by atoms with Crippen molar-refractivity contribution in [1.82, 2.24) is 19.1 Å². The molecule has 2 N–H and O–H groups in total.